The fourth-order valence-electron chi connectivity index (χ4n) is 2.84. The van der Waals surface area contributed by atoms with Gasteiger partial charge in [0.05, 0.1) is 18.2 Å². The molecule has 0 radical (unpaired) electrons. The molecule has 0 bridgehead atoms. The van der Waals surface area contributed by atoms with E-state index in [-0.39, 0.29) is 18.5 Å². The molecule has 1 amide bonds. The molecule has 2 heterocycles. The van der Waals surface area contributed by atoms with Gasteiger partial charge in [0.2, 0.25) is 0 Å². The number of amides is 1. The maximum atomic E-state index is 12.9. The standard InChI is InChI=1S/C19H22N2O3/c1-3-8-21(19(22)15-9-16(11-20)23-12-15)13(2)18-10-14-6-4-5-7-17(14)24-18/h4-7,9-10,12-13H,3,8,11,20H2,1-2H3. The van der Waals surface area contributed by atoms with E-state index in [0.29, 0.717) is 17.9 Å². The van der Waals surface area contributed by atoms with Crippen LogP contribution in [0.1, 0.15) is 48.2 Å². The Bertz CT molecular complexity index is 801. The summed E-state index contributed by atoms with van der Waals surface area (Å²) in [5.74, 6) is 1.31. The van der Waals surface area contributed by atoms with Crippen LogP contribution in [0.2, 0.25) is 0 Å². The van der Waals surface area contributed by atoms with Gasteiger partial charge in [0, 0.05) is 11.9 Å². The van der Waals surface area contributed by atoms with E-state index in [1.54, 1.807) is 6.07 Å². The number of fused-ring (bicyclic) bond motifs is 1. The molecule has 2 N–H and O–H groups in total. The van der Waals surface area contributed by atoms with Crippen molar-refractivity contribution in [3.63, 3.8) is 0 Å². The van der Waals surface area contributed by atoms with Crippen LogP contribution in [0, 0.1) is 0 Å². The molecule has 1 unspecified atom stereocenters. The van der Waals surface area contributed by atoms with Crippen molar-refractivity contribution < 1.29 is 13.6 Å². The molecule has 5 heteroatoms. The normalized spacial score (nSPS) is 12.5. The lowest BCUT2D eigenvalue weighted by atomic mass is 10.1. The van der Waals surface area contributed by atoms with E-state index in [1.807, 2.05) is 49.1 Å². The lowest BCUT2D eigenvalue weighted by Crippen LogP contribution is -2.34. The van der Waals surface area contributed by atoms with E-state index in [0.717, 1.165) is 23.2 Å². The topological polar surface area (TPSA) is 72.6 Å². The molecule has 0 spiro atoms. The fraction of sp³-hybridized carbons (Fsp3) is 0.316. The molecule has 3 aromatic rings. The summed E-state index contributed by atoms with van der Waals surface area (Å²) in [5.41, 5.74) is 6.91. The number of carbonyl (C=O) groups excluding carboxylic acids is 1. The molecule has 2 aromatic heterocycles. The highest BCUT2D eigenvalue weighted by Crippen LogP contribution is 2.28. The number of carbonyl (C=O) groups is 1. The molecule has 1 atom stereocenters. The van der Waals surface area contributed by atoms with E-state index < -0.39 is 0 Å². The molecule has 126 valence electrons. The number of hydrogen-bond acceptors (Lipinski definition) is 4. The third-order valence-corrected chi connectivity index (χ3v) is 4.15. The zero-order chi connectivity index (χ0) is 17.1. The van der Waals surface area contributed by atoms with E-state index in [1.165, 1.54) is 6.26 Å². The van der Waals surface area contributed by atoms with Crippen molar-refractivity contribution in [3.8, 4) is 0 Å². The number of benzene rings is 1. The summed E-state index contributed by atoms with van der Waals surface area (Å²) in [5, 5.41) is 1.04. The maximum absolute atomic E-state index is 12.9. The largest absolute Gasteiger partial charge is 0.467 e. The van der Waals surface area contributed by atoms with E-state index >= 15 is 0 Å². The molecule has 0 aliphatic heterocycles. The van der Waals surface area contributed by atoms with Gasteiger partial charge >= 0.3 is 0 Å². The first-order valence-corrected chi connectivity index (χ1v) is 8.21. The van der Waals surface area contributed by atoms with Crippen LogP contribution in [0.5, 0.6) is 0 Å². The number of para-hydroxylation sites is 1. The minimum atomic E-state index is -0.166. The molecule has 0 saturated carbocycles. The molecular formula is C19H22N2O3. The molecule has 0 aliphatic rings. The number of furan rings is 2. The minimum Gasteiger partial charge on any atom is -0.467 e. The van der Waals surface area contributed by atoms with Crippen molar-refractivity contribution in [2.45, 2.75) is 32.9 Å². The Labute approximate surface area is 141 Å². The average molecular weight is 326 g/mol. The first-order valence-electron chi connectivity index (χ1n) is 8.21. The Morgan fingerprint density at radius 3 is 2.75 bits per heavy atom. The van der Waals surface area contributed by atoms with Crippen LogP contribution in [-0.4, -0.2) is 17.4 Å². The number of rotatable bonds is 6. The van der Waals surface area contributed by atoms with Gasteiger partial charge in [-0.1, -0.05) is 25.1 Å². The van der Waals surface area contributed by atoms with Crippen LogP contribution < -0.4 is 5.73 Å². The first kappa shape index (κ1) is 16.3. The van der Waals surface area contributed by atoms with Gasteiger partial charge in [0.25, 0.3) is 5.91 Å². The Balaban J connectivity index is 1.89. The summed E-state index contributed by atoms with van der Waals surface area (Å²) in [7, 11) is 0. The van der Waals surface area contributed by atoms with Gasteiger partial charge in [-0.3, -0.25) is 4.79 Å². The van der Waals surface area contributed by atoms with Crippen LogP contribution >= 0.6 is 0 Å². The Kier molecular flexibility index (Phi) is 4.71. The molecular weight excluding hydrogens is 304 g/mol. The minimum absolute atomic E-state index is 0.0757. The SMILES string of the molecule is CCCN(C(=O)c1coc(CN)c1)C(C)c1cc2ccccc2o1. The fourth-order valence-corrected chi connectivity index (χ4v) is 2.84. The molecule has 24 heavy (non-hydrogen) atoms. The molecule has 1 aromatic carbocycles. The predicted octanol–water partition coefficient (Wildman–Crippen LogP) is 4.10. The van der Waals surface area contributed by atoms with Crippen molar-refractivity contribution in [2.75, 3.05) is 6.54 Å². The van der Waals surface area contributed by atoms with E-state index in [2.05, 4.69) is 0 Å². The average Bonchev–Trinajstić information content (AvgIpc) is 3.24. The van der Waals surface area contributed by atoms with Gasteiger partial charge in [-0.2, -0.15) is 0 Å². The lowest BCUT2D eigenvalue weighted by molar-refractivity contribution is 0.0671. The summed E-state index contributed by atoms with van der Waals surface area (Å²) in [6.07, 6.45) is 2.33. The second-order valence-corrected chi connectivity index (χ2v) is 5.87. The van der Waals surface area contributed by atoms with Crippen molar-refractivity contribution in [1.82, 2.24) is 4.90 Å². The van der Waals surface area contributed by atoms with Gasteiger partial charge in [-0.05, 0) is 31.5 Å². The Morgan fingerprint density at radius 1 is 1.29 bits per heavy atom. The van der Waals surface area contributed by atoms with Gasteiger partial charge in [-0.25, -0.2) is 0 Å². The number of nitrogens with zero attached hydrogens (tertiary/aromatic N) is 1. The second-order valence-electron chi connectivity index (χ2n) is 5.87. The summed E-state index contributed by atoms with van der Waals surface area (Å²) < 4.78 is 11.2. The predicted molar refractivity (Wildman–Crippen MR) is 92.6 cm³/mol. The van der Waals surface area contributed by atoms with E-state index in [4.69, 9.17) is 14.6 Å². The monoisotopic (exact) mass is 326 g/mol. The second kappa shape index (κ2) is 6.93. The van der Waals surface area contributed by atoms with Crippen LogP contribution in [0.4, 0.5) is 0 Å². The van der Waals surface area contributed by atoms with E-state index in [9.17, 15) is 4.79 Å². The van der Waals surface area contributed by atoms with Crippen LogP contribution in [-0.2, 0) is 6.54 Å². The summed E-state index contributed by atoms with van der Waals surface area (Å²) in [4.78, 5) is 14.7. The quantitative estimate of drug-likeness (QED) is 0.740. The molecule has 0 aliphatic carbocycles. The smallest absolute Gasteiger partial charge is 0.257 e. The highest BCUT2D eigenvalue weighted by molar-refractivity contribution is 5.94. The first-order chi connectivity index (χ1) is 11.6. The van der Waals surface area contributed by atoms with Crippen LogP contribution in [0.15, 0.2) is 51.5 Å². The van der Waals surface area contributed by atoms with Crippen LogP contribution in [0.3, 0.4) is 0 Å². The Morgan fingerprint density at radius 2 is 2.08 bits per heavy atom. The lowest BCUT2D eigenvalue weighted by Gasteiger charge is -2.27. The third kappa shape index (κ3) is 3.08. The zero-order valence-corrected chi connectivity index (χ0v) is 14.0. The van der Waals surface area contributed by atoms with Crippen molar-refractivity contribution >= 4 is 16.9 Å². The zero-order valence-electron chi connectivity index (χ0n) is 14.0. The number of hydrogen-bond donors (Lipinski definition) is 1. The van der Waals surface area contributed by atoms with Crippen LogP contribution in [0.25, 0.3) is 11.0 Å². The summed E-state index contributed by atoms with van der Waals surface area (Å²) >= 11 is 0. The number of nitrogens with two attached hydrogens (primary N) is 1. The van der Waals surface area contributed by atoms with Gasteiger partial charge in [0.1, 0.15) is 23.4 Å². The highest BCUT2D eigenvalue weighted by atomic mass is 16.3. The van der Waals surface area contributed by atoms with Gasteiger partial charge in [-0.15, -0.1) is 0 Å². The molecule has 0 saturated heterocycles. The van der Waals surface area contributed by atoms with Gasteiger partial charge < -0.3 is 19.5 Å². The van der Waals surface area contributed by atoms with Crippen molar-refractivity contribution in [3.05, 3.63) is 59.7 Å². The molecule has 5 nitrogen and oxygen atoms in total. The van der Waals surface area contributed by atoms with Crippen molar-refractivity contribution in [2.24, 2.45) is 5.73 Å². The Hall–Kier alpha value is -2.53. The highest BCUT2D eigenvalue weighted by Gasteiger charge is 2.25. The summed E-state index contributed by atoms with van der Waals surface area (Å²) in [6.45, 7) is 4.95. The third-order valence-electron chi connectivity index (χ3n) is 4.15. The van der Waals surface area contributed by atoms with Crippen molar-refractivity contribution in [1.29, 1.82) is 0 Å². The maximum Gasteiger partial charge on any atom is 0.257 e. The van der Waals surface area contributed by atoms with Gasteiger partial charge in [0.15, 0.2) is 0 Å². The molecule has 3 rings (SSSR count). The summed E-state index contributed by atoms with van der Waals surface area (Å²) in [6, 6.07) is 11.4. The molecule has 0 fully saturated rings.